The van der Waals surface area contributed by atoms with Gasteiger partial charge in [0.25, 0.3) is 0 Å². The quantitative estimate of drug-likeness (QED) is 0.897. The molecule has 0 amide bonds. The summed E-state index contributed by atoms with van der Waals surface area (Å²) in [5, 5.41) is 7.12. The molecule has 0 radical (unpaired) electrons. The van der Waals surface area contributed by atoms with E-state index >= 15 is 0 Å². The number of halogens is 3. The normalized spacial score (nSPS) is 21.5. The standard InChI is InChI=1S/C13H19NO.C2HF3O2/c14-12-8-6-11(7-9-12)10-15-13-4-2-1-3-5-13;3-2(4,5)1(6)7/h1-5,11-12H,6-10,14H2;(H,6,7)/t11-,12-;. The van der Waals surface area contributed by atoms with Crippen LogP contribution in [0.5, 0.6) is 5.75 Å². The third-order valence-electron chi connectivity index (χ3n) is 3.36. The number of hydrogen-bond donors (Lipinski definition) is 2. The Morgan fingerprint density at radius 1 is 1.18 bits per heavy atom. The summed E-state index contributed by atoms with van der Waals surface area (Å²) in [5.41, 5.74) is 5.86. The molecule has 1 aromatic rings. The van der Waals surface area contributed by atoms with Crippen LogP contribution in [0, 0.1) is 5.92 Å². The van der Waals surface area contributed by atoms with E-state index in [0.29, 0.717) is 12.0 Å². The molecule has 0 unspecified atom stereocenters. The average Bonchev–Trinajstić information content (AvgIpc) is 2.47. The predicted molar refractivity (Wildman–Crippen MR) is 75.6 cm³/mol. The Morgan fingerprint density at radius 3 is 2.14 bits per heavy atom. The first-order valence-electron chi connectivity index (χ1n) is 7.02. The molecular weight excluding hydrogens is 299 g/mol. The lowest BCUT2D eigenvalue weighted by Crippen LogP contribution is -2.28. The maximum Gasteiger partial charge on any atom is 0.490 e. The van der Waals surface area contributed by atoms with Crippen molar-refractivity contribution in [1.29, 1.82) is 0 Å². The van der Waals surface area contributed by atoms with Crippen LogP contribution in [0.15, 0.2) is 30.3 Å². The second-order valence-electron chi connectivity index (χ2n) is 5.21. The lowest BCUT2D eigenvalue weighted by atomic mass is 9.87. The number of carbonyl (C=O) groups is 1. The van der Waals surface area contributed by atoms with Crippen LogP contribution in [0.2, 0.25) is 0 Å². The first-order valence-corrected chi connectivity index (χ1v) is 7.02. The highest BCUT2D eigenvalue weighted by Crippen LogP contribution is 2.24. The molecule has 1 aromatic carbocycles. The lowest BCUT2D eigenvalue weighted by molar-refractivity contribution is -0.192. The summed E-state index contributed by atoms with van der Waals surface area (Å²) < 4.78 is 37.5. The minimum atomic E-state index is -5.08. The van der Waals surface area contributed by atoms with Gasteiger partial charge in [0.15, 0.2) is 0 Å². The summed E-state index contributed by atoms with van der Waals surface area (Å²) in [6, 6.07) is 10.5. The molecule has 1 fully saturated rings. The third-order valence-corrected chi connectivity index (χ3v) is 3.36. The van der Waals surface area contributed by atoms with Gasteiger partial charge in [-0.15, -0.1) is 0 Å². The van der Waals surface area contributed by atoms with E-state index in [4.69, 9.17) is 20.4 Å². The number of benzene rings is 1. The van der Waals surface area contributed by atoms with Crippen LogP contribution in [0.4, 0.5) is 13.2 Å². The highest BCUT2D eigenvalue weighted by molar-refractivity contribution is 5.73. The zero-order valence-corrected chi connectivity index (χ0v) is 12.1. The van der Waals surface area contributed by atoms with Gasteiger partial charge in [-0.3, -0.25) is 0 Å². The number of para-hydroxylation sites is 1. The smallest absolute Gasteiger partial charge is 0.490 e. The molecule has 4 nitrogen and oxygen atoms in total. The van der Waals surface area contributed by atoms with Crippen molar-refractivity contribution >= 4 is 5.97 Å². The molecule has 124 valence electrons. The Morgan fingerprint density at radius 2 is 1.68 bits per heavy atom. The molecule has 0 atom stereocenters. The van der Waals surface area contributed by atoms with Crippen molar-refractivity contribution in [1.82, 2.24) is 0 Å². The maximum absolute atomic E-state index is 10.6. The monoisotopic (exact) mass is 319 g/mol. The van der Waals surface area contributed by atoms with E-state index in [9.17, 15) is 13.2 Å². The van der Waals surface area contributed by atoms with Gasteiger partial charge < -0.3 is 15.6 Å². The molecule has 3 N–H and O–H groups in total. The second-order valence-corrected chi connectivity index (χ2v) is 5.21. The van der Waals surface area contributed by atoms with Gasteiger partial charge in [-0.05, 0) is 43.7 Å². The van der Waals surface area contributed by atoms with E-state index in [2.05, 4.69) is 0 Å². The number of hydrogen-bond acceptors (Lipinski definition) is 3. The first kappa shape index (κ1) is 18.3. The average molecular weight is 319 g/mol. The first-order chi connectivity index (χ1) is 10.3. The molecular formula is C15H20F3NO3. The van der Waals surface area contributed by atoms with Crippen molar-refractivity contribution in [3.63, 3.8) is 0 Å². The van der Waals surface area contributed by atoms with Gasteiger partial charge in [0.05, 0.1) is 6.61 Å². The van der Waals surface area contributed by atoms with Crippen molar-refractivity contribution in [3.8, 4) is 5.75 Å². The van der Waals surface area contributed by atoms with E-state index in [1.54, 1.807) is 0 Å². The van der Waals surface area contributed by atoms with Crippen LogP contribution in [0.1, 0.15) is 25.7 Å². The van der Waals surface area contributed by atoms with Gasteiger partial charge in [-0.25, -0.2) is 4.79 Å². The summed E-state index contributed by atoms with van der Waals surface area (Å²) in [5.74, 6) is -1.08. The molecule has 22 heavy (non-hydrogen) atoms. The van der Waals surface area contributed by atoms with Crippen LogP contribution in [0.3, 0.4) is 0 Å². The fourth-order valence-corrected chi connectivity index (χ4v) is 2.09. The van der Waals surface area contributed by atoms with Crippen molar-refractivity contribution in [2.75, 3.05) is 6.61 Å². The fraction of sp³-hybridized carbons (Fsp3) is 0.533. The lowest BCUT2D eigenvalue weighted by Gasteiger charge is -2.25. The fourth-order valence-electron chi connectivity index (χ4n) is 2.09. The van der Waals surface area contributed by atoms with Gasteiger partial charge in [-0.2, -0.15) is 13.2 Å². The van der Waals surface area contributed by atoms with Gasteiger partial charge in [0.1, 0.15) is 5.75 Å². The SMILES string of the molecule is N[C@H]1CC[C@H](COc2ccccc2)CC1.O=C(O)C(F)(F)F. The van der Waals surface area contributed by atoms with E-state index in [0.717, 1.165) is 25.2 Å². The molecule has 0 bridgehead atoms. The number of aliphatic carboxylic acids is 1. The number of nitrogens with two attached hydrogens (primary N) is 1. The highest BCUT2D eigenvalue weighted by Gasteiger charge is 2.38. The van der Waals surface area contributed by atoms with Crippen LogP contribution >= 0.6 is 0 Å². The summed E-state index contributed by atoms with van der Waals surface area (Å²) in [6.45, 7) is 0.844. The van der Waals surface area contributed by atoms with Crippen molar-refractivity contribution < 1.29 is 27.8 Å². The molecule has 1 aliphatic carbocycles. The number of rotatable bonds is 3. The summed E-state index contributed by atoms with van der Waals surface area (Å²) in [6.07, 6.45) is -0.340. The topological polar surface area (TPSA) is 72.5 Å². The van der Waals surface area contributed by atoms with E-state index in [-0.39, 0.29) is 0 Å². The Hall–Kier alpha value is -1.76. The summed E-state index contributed by atoms with van der Waals surface area (Å²) >= 11 is 0. The van der Waals surface area contributed by atoms with Crippen LogP contribution in [-0.2, 0) is 4.79 Å². The molecule has 0 aliphatic heterocycles. The van der Waals surface area contributed by atoms with Crippen molar-refractivity contribution in [2.45, 2.75) is 37.9 Å². The van der Waals surface area contributed by atoms with Crippen molar-refractivity contribution in [3.05, 3.63) is 30.3 Å². The number of ether oxygens (including phenoxy) is 1. The Bertz CT molecular complexity index is 443. The molecule has 0 heterocycles. The molecule has 0 spiro atoms. The Labute approximate surface area is 127 Å². The van der Waals surface area contributed by atoms with Gasteiger partial charge in [0, 0.05) is 6.04 Å². The van der Waals surface area contributed by atoms with E-state index in [1.807, 2.05) is 30.3 Å². The third kappa shape index (κ3) is 7.31. The predicted octanol–water partition coefficient (Wildman–Crippen LogP) is 3.22. The number of carboxylic acids is 1. The van der Waals surface area contributed by atoms with E-state index < -0.39 is 12.1 Å². The zero-order valence-electron chi connectivity index (χ0n) is 12.1. The van der Waals surface area contributed by atoms with Gasteiger partial charge in [-0.1, -0.05) is 18.2 Å². The maximum atomic E-state index is 10.6. The minimum Gasteiger partial charge on any atom is -0.493 e. The molecule has 1 saturated carbocycles. The molecule has 1 aliphatic rings. The summed E-state index contributed by atoms with van der Waals surface area (Å²) in [7, 11) is 0. The van der Waals surface area contributed by atoms with Crippen LogP contribution < -0.4 is 10.5 Å². The van der Waals surface area contributed by atoms with Crippen molar-refractivity contribution in [2.24, 2.45) is 11.7 Å². The molecule has 2 rings (SSSR count). The Balaban J connectivity index is 0.000000295. The second kappa shape index (κ2) is 8.63. The molecule has 0 aromatic heterocycles. The Kier molecular flexibility index (Phi) is 7.17. The molecule has 7 heteroatoms. The van der Waals surface area contributed by atoms with Gasteiger partial charge >= 0.3 is 12.1 Å². The minimum absolute atomic E-state index is 0.429. The van der Waals surface area contributed by atoms with Crippen LogP contribution in [0.25, 0.3) is 0 Å². The highest BCUT2D eigenvalue weighted by atomic mass is 19.4. The number of alkyl halides is 3. The largest absolute Gasteiger partial charge is 0.493 e. The molecule has 0 saturated heterocycles. The number of carboxylic acid groups (broad SMARTS) is 1. The van der Waals surface area contributed by atoms with E-state index in [1.165, 1.54) is 12.8 Å². The summed E-state index contributed by atoms with van der Waals surface area (Å²) in [4.78, 5) is 8.90. The van der Waals surface area contributed by atoms with Gasteiger partial charge in [0.2, 0.25) is 0 Å². The van der Waals surface area contributed by atoms with Crippen LogP contribution in [-0.4, -0.2) is 29.9 Å². The zero-order chi connectivity index (χ0) is 16.6.